The fourth-order valence-corrected chi connectivity index (χ4v) is 4.32. The molecule has 198 valence electrons. The lowest BCUT2D eigenvalue weighted by atomic mass is 9.99. The SMILES string of the molecule is COc1ccccc1-c1c[nH]c2ncc(-c3ccc(NC(=O)OCCS(C)(=O)=O)c(C(=O)N(C)C)c3)cc12. The third-order valence-electron chi connectivity index (χ3n) is 5.84. The molecule has 0 aliphatic rings. The lowest BCUT2D eigenvalue weighted by Gasteiger charge is -2.16. The normalized spacial score (nSPS) is 11.3. The molecule has 10 nitrogen and oxygen atoms in total. The van der Waals surface area contributed by atoms with Crippen molar-refractivity contribution in [3.8, 4) is 28.0 Å². The summed E-state index contributed by atoms with van der Waals surface area (Å²) in [4.78, 5) is 34.4. The van der Waals surface area contributed by atoms with Crippen molar-refractivity contribution in [2.45, 2.75) is 0 Å². The molecular formula is C27H28N4O6S. The zero-order valence-corrected chi connectivity index (χ0v) is 22.3. The minimum atomic E-state index is -3.28. The number of nitrogens with one attached hydrogen (secondary N) is 2. The highest BCUT2D eigenvalue weighted by molar-refractivity contribution is 7.90. The van der Waals surface area contributed by atoms with Crippen molar-refractivity contribution in [3.63, 3.8) is 0 Å². The monoisotopic (exact) mass is 536 g/mol. The number of ether oxygens (including phenoxy) is 2. The first-order chi connectivity index (χ1) is 18.1. The van der Waals surface area contributed by atoms with Crippen LogP contribution in [0.3, 0.4) is 0 Å². The zero-order valence-electron chi connectivity index (χ0n) is 21.4. The summed E-state index contributed by atoms with van der Waals surface area (Å²) < 4.78 is 33.1. The van der Waals surface area contributed by atoms with Crippen molar-refractivity contribution in [2.24, 2.45) is 0 Å². The standard InChI is InChI=1S/C27H28N4O6S/c1-31(2)26(32)21-13-17(9-10-23(21)30-27(33)37-11-12-38(4,34)35)18-14-20-22(16-29-25(20)28-15-18)19-7-5-6-8-24(19)36-3/h5-10,13-16H,11-12H2,1-4H3,(H,28,29)(H,30,33). The maximum absolute atomic E-state index is 13.0. The predicted octanol–water partition coefficient (Wildman–Crippen LogP) is 4.20. The number of aromatic nitrogens is 2. The van der Waals surface area contributed by atoms with E-state index in [0.717, 1.165) is 34.1 Å². The van der Waals surface area contributed by atoms with E-state index in [0.29, 0.717) is 11.2 Å². The molecule has 4 rings (SSSR count). The quantitative estimate of drug-likeness (QED) is 0.345. The van der Waals surface area contributed by atoms with E-state index in [1.54, 1.807) is 45.6 Å². The number of benzene rings is 2. The van der Waals surface area contributed by atoms with E-state index in [-0.39, 0.29) is 29.5 Å². The summed E-state index contributed by atoms with van der Waals surface area (Å²) in [6.07, 6.45) is 3.78. The third kappa shape index (κ3) is 5.94. The van der Waals surface area contributed by atoms with Crippen LogP contribution in [0.4, 0.5) is 10.5 Å². The van der Waals surface area contributed by atoms with E-state index in [2.05, 4.69) is 15.3 Å². The van der Waals surface area contributed by atoms with Crippen molar-refractivity contribution in [1.82, 2.24) is 14.9 Å². The predicted molar refractivity (Wildman–Crippen MR) is 146 cm³/mol. The molecule has 2 aromatic carbocycles. The summed E-state index contributed by atoms with van der Waals surface area (Å²) in [5.74, 6) is 0.106. The van der Waals surface area contributed by atoms with Gasteiger partial charge >= 0.3 is 6.09 Å². The molecule has 0 unspecified atom stereocenters. The van der Waals surface area contributed by atoms with Crippen molar-refractivity contribution < 1.29 is 27.5 Å². The summed E-state index contributed by atoms with van der Waals surface area (Å²) in [5.41, 5.74) is 4.50. The van der Waals surface area contributed by atoms with Gasteiger partial charge in [-0.2, -0.15) is 0 Å². The Labute approximate surface area is 220 Å². The zero-order chi connectivity index (χ0) is 27.4. The summed E-state index contributed by atoms with van der Waals surface area (Å²) in [7, 11) is 1.56. The number of sulfone groups is 1. The fraction of sp³-hybridized carbons (Fsp3) is 0.222. The summed E-state index contributed by atoms with van der Waals surface area (Å²) in [5, 5.41) is 3.42. The molecular weight excluding hydrogens is 508 g/mol. The van der Waals surface area contributed by atoms with Crippen molar-refractivity contribution in [3.05, 3.63) is 66.5 Å². The number of hydrogen-bond donors (Lipinski definition) is 2. The number of fused-ring (bicyclic) bond motifs is 1. The van der Waals surface area contributed by atoms with Gasteiger partial charge in [-0.25, -0.2) is 18.2 Å². The second-order valence-corrected chi connectivity index (χ2v) is 11.1. The molecule has 4 aromatic rings. The molecule has 2 amide bonds. The van der Waals surface area contributed by atoms with E-state index < -0.39 is 15.9 Å². The van der Waals surface area contributed by atoms with Crippen LogP contribution in [0.15, 0.2) is 60.9 Å². The first-order valence-corrected chi connectivity index (χ1v) is 13.7. The Morgan fingerprint density at radius 2 is 1.82 bits per heavy atom. The number of carbonyl (C=O) groups excluding carboxylic acids is 2. The summed E-state index contributed by atoms with van der Waals surface area (Å²) >= 11 is 0. The fourth-order valence-electron chi connectivity index (χ4n) is 3.93. The molecule has 38 heavy (non-hydrogen) atoms. The van der Waals surface area contributed by atoms with Crippen LogP contribution in [0, 0.1) is 0 Å². The molecule has 2 N–H and O–H groups in total. The number of H-pyrrole nitrogens is 1. The Morgan fingerprint density at radius 3 is 2.53 bits per heavy atom. The van der Waals surface area contributed by atoms with E-state index in [1.165, 1.54) is 4.90 Å². The number of carbonyl (C=O) groups is 2. The van der Waals surface area contributed by atoms with Crippen LogP contribution in [0.5, 0.6) is 5.75 Å². The molecule has 0 aliphatic heterocycles. The number of anilines is 1. The largest absolute Gasteiger partial charge is 0.496 e. The number of aromatic amines is 1. The van der Waals surface area contributed by atoms with Gasteiger partial charge in [-0.15, -0.1) is 0 Å². The van der Waals surface area contributed by atoms with Gasteiger partial charge in [0, 0.05) is 54.8 Å². The summed E-state index contributed by atoms with van der Waals surface area (Å²) in [6, 6.07) is 14.7. The van der Waals surface area contributed by atoms with Crippen LogP contribution in [0.2, 0.25) is 0 Å². The van der Waals surface area contributed by atoms with E-state index in [9.17, 15) is 18.0 Å². The van der Waals surface area contributed by atoms with Gasteiger partial charge in [-0.3, -0.25) is 10.1 Å². The first kappa shape index (κ1) is 26.7. The van der Waals surface area contributed by atoms with Crippen molar-refractivity contribution >= 4 is 38.6 Å². The summed E-state index contributed by atoms with van der Waals surface area (Å²) in [6.45, 7) is -0.295. The number of hydrogen-bond acceptors (Lipinski definition) is 7. The van der Waals surface area contributed by atoms with Crippen LogP contribution in [-0.2, 0) is 14.6 Å². The topological polar surface area (TPSA) is 131 Å². The maximum atomic E-state index is 13.0. The smallest absolute Gasteiger partial charge is 0.411 e. The van der Waals surface area contributed by atoms with Crippen LogP contribution < -0.4 is 10.1 Å². The molecule has 0 saturated carbocycles. The molecule has 0 radical (unpaired) electrons. The van der Waals surface area contributed by atoms with Gasteiger partial charge < -0.3 is 19.4 Å². The Balaban J connectivity index is 1.69. The lowest BCUT2D eigenvalue weighted by Crippen LogP contribution is -2.25. The molecule has 2 aromatic heterocycles. The van der Waals surface area contributed by atoms with E-state index in [4.69, 9.17) is 9.47 Å². The molecule has 0 saturated heterocycles. The number of amides is 2. The highest BCUT2D eigenvalue weighted by Crippen LogP contribution is 2.36. The molecule has 11 heteroatoms. The highest BCUT2D eigenvalue weighted by atomic mass is 32.2. The van der Waals surface area contributed by atoms with Gasteiger partial charge in [0.2, 0.25) is 0 Å². The minimum absolute atomic E-state index is 0.238. The van der Waals surface area contributed by atoms with Crippen LogP contribution in [0.25, 0.3) is 33.3 Å². The second-order valence-electron chi connectivity index (χ2n) is 8.87. The van der Waals surface area contributed by atoms with Crippen LogP contribution >= 0.6 is 0 Å². The van der Waals surface area contributed by atoms with Crippen LogP contribution in [0.1, 0.15) is 10.4 Å². The van der Waals surface area contributed by atoms with E-state index >= 15 is 0 Å². The molecule has 0 spiro atoms. The van der Waals surface area contributed by atoms with Crippen LogP contribution in [-0.4, -0.2) is 75.1 Å². The highest BCUT2D eigenvalue weighted by Gasteiger charge is 2.19. The molecule has 2 heterocycles. The average Bonchev–Trinajstić information content (AvgIpc) is 3.30. The van der Waals surface area contributed by atoms with Crippen molar-refractivity contribution in [2.75, 3.05) is 45.1 Å². The Bertz CT molecular complexity index is 1610. The number of nitrogens with zero attached hydrogens (tertiary/aromatic N) is 2. The number of rotatable bonds is 8. The lowest BCUT2D eigenvalue weighted by molar-refractivity contribution is 0.0828. The van der Waals surface area contributed by atoms with Gasteiger partial charge in [0.15, 0.2) is 9.84 Å². The van der Waals surface area contributed by atoms with Gasteiger partial charge in [0.1, 0.15) is 18.0 Å². The third-order valence-corrected chi connectivity index (χ3v) is 6.75. The average molecular weight is 537 g/mol. The molecule has 0 atom stereocenters. The Hall–Kier alpha value is -4.38. The van der Waals surface area contributed by atoms with E-state index in [1.807, 2.05) is 36.5 Å². The van der Waals surface area contributed by atoms with Gasteiger partial charge in [0.25, 0.3) is 5.91 Å². The minimum Gasteiger partial charge on any atom is -0.496 e. The molecule has 0 fully saturated rings. The molecule has 0 aliphatic carbocycles. The maximum Gasteiger partial charge on any atom is 0.411 e. The second kappa shape index (κ2) is 10.9. The van der Waals surface area contributed by atoms with Gasteiger partial charge in [0.05, 0.1) is 24.1 Å². The number of methoxy groups -OCH3 is 1. The molecule has 0 bridgehead atoms. The van der Waals surface area contributed by atoms with Gasteiger partial charge in [-0.05, 0) is 29.8 Å². The van der Waals surface area contributed by atoms with Gasteiger partial charge in [-0.1, -0.05) is 24.3 Å². The Morgan fingerprint density at radius 1 is 1.05 bits per heavy atom. The number of para-hydroxylation sites is 1. The first-order valence-electron chi connectivity index (χ1n) is 11.7. The Kier molecular flexibility index (Phi) is 7.67. The van der Waals surface area contributed by atoms with Crippen molar-refractivity contribution in [1.29, 1.82) is 0 Å². The number of pyridine rings is 1.